The van der Waals surface area contributed by atoms with Crippen molar-refractivity contribution in [2.75, 3.05) is 13.6 Å². The van der Waals surface area contributed by atoms with E-state index in [1.54, 1.807) is 4.68 Å². The van der Waals surface area contributed by atoms with Crippen molar-refractivity contribution in [3.63, 3.8) is 0 Å². The molecule has 0 bridgehead atoms. The maximum atomic E-state index is 6.34. The summed E-state index contributed by atoms with van der Waals surface area (Å²) in [6.45, 7) is 2.95. The summed E-state index contributed by atoms with van der Waals surface area (Å²) in [4.78, 5) is 0. The first-order chi connectivity index (χ1) is 10.0. The van der Waals surface area contributed by atoms with Crippen LogP contribution >= 0.6 is 23.2 Å². The van der Waals surface area contributed by atoms with Gasteiger partial charge in [-0.15, -0.1) is 0 Å². The van der Waals surface area contributed by atoms with Gasteiger partial charge in [-0.3, -0.25) is 4.68 Å². The average molecular weight is 326 g/mol. The first-order valence-corrected chi connectivity index (χ1v) is 7.84. The first-order valence-electron chi connectivity index (χ1n) is 7.08. The Morgan fingerprint density at radius 1 is 1.19 bits per heavy atom. The van der Waals surface area contributed by atoms with Crippen LogP contribution in [0.2, 0.25) is 10.2 Å². The molecule has 0 aliphatic heterocycles. The molecule has 0 aliphatic carbocycles. The number of nitrogens with zero attached hydrogens (tertiary/aromatic N) is 2. The third-order valence-electron chi connectivity index (χ3n) is 3.69. The van der Waals surface area contributed by atoms with E-state index in [-0.39, 0.29) is 0 Å². The summed E-state index contributed by atoms with van der Waals surface area (Å²) < 4.78 is 1.74. The van der Waals surface area contributed by atoms with Gasteiger partial charge < -0.3 is 5.32 Å². The van der Waals surface area contributed by atoms with Crippen molar-refractivity contribution in [2.45, 2.75) is 19.8 Å². The second-order valence-electron chi connectivity index (χ2n) is 5.44. The Labute approximate surface area is 136 Å². The van der Waals surface area contributed by atoms with E-state index in [4.69, 9.17) is 23.2 Å². The fourth-order valence-electron chi connectivity index (χ4n) is 2.65. The van der Waals surface area contributed by atoms with Gasteiger partial charge in [0.25, 0.3) is 0 Å². The van der Waals surface area contributed by atoms with Crippen LogP contribution in [0.15, 0.2) is 24.3 Å². The van der Waals surface area contributed by atoms with Gasteiger partial charge >= 0.3 is 0 Å². The minimum absolute atomic E-state index is 0.469. The topological polar surface area (TPSA) is 29.9 Å². The van der Waals surface area contributed by atoms with Crippen LogP contribution in [0.5, 0.6) is 0 Å². The number of hydrogen-bond donors (Lipinski definition) is 1. The molecule has 2 aromatic rings. The highest BCUT2D eigenvalue weighted by Crippen LogP contribution is 2.24. The molecule has 0 aliphatic rings. The SMILES string of the molecule is CNCC(Cc1ccc(Cl)cc1)Cc1c(C)nn(C)c1Cl. The van der Waals surface area contributed by atoms with Crippen LogP contribution in [0.3, 0.4) is 0 Å². The quantitative estimate of drug-likeness (QED) is 0.878. The second kappa shape index (κ2) is 7.30. The van der Waals surface area contributed by atoms with Crippen LogP contribution in [0.25, 0.3) is 0 Å². The molecule has 1 N–H and O–H groups in total. The molecule has 21 heavy (non-hydrogen) atoms. The molecular weight excluding hydrogens is 305 g/mol. The molecule has 5 heteroatoms. The predicted octanol–water partition coefficient (Wildman–Crippen LogP) is 3.66. The Morgan fingerprint density at radius 2 is 1.86 bits per heavy atom. The van der Waals surface area contributed by atoms with Gasteiger partial charge in [0.05, 0.1) is 5.69 Å². The smallest absolute Gasteiger partial charge is 0.130 e. The Bertz CT molecular complexity index is 590. The fourth-order valence-corrected chi connectivity index (χ4v) is 3.03. The Balaban J connectivity index is 2.13. The van der Waals surface area contributed by atoms with Crippen LogP contribution in [0.1, 0.15) is 16.8 Å². The molecule has 1 unspecified atom stereocenters. The lowest BCUT2D eigenvalue weighted by molar-refractivity contribution is 0.492. The fraction of sp³-hybridized carbons (Fsp3) is 0.438. The van der Waals surface area contributed by atoms with E-state index in [2.05, 4.69) is 22.5 Å². The molecule has 0 radical (unpaired) electrons. The molecule has 1 atom stereocenters. The number of hydrogen-bond acceptors (Lipinski definition) is 2. The van der Waals surface area contributed by atoms with E-state index in [1.165, 1.54) is 5.56 Å². The van der Waals surface area contributed by atoms with E-state index in [9.17, 15) is 0 Å². The van der Waals surface area contributed by atoms with Gasteiger partial charge in [-0.1, -0.05) is 35.3 Å². The number of benzene rings is 1. The number of nitrogens with one attached hydrogen (secondary N) is 1. The summed E-state index contributed by atoms with van der Waals surface area (Å²) in [6.07, 6.45) is 1.91. The molecule has 2 rings (SSSR count). The van der Waals surface area contributed by atoms with Gasteiger partial charge in [-0.25, -0.2) is 0 Å². The third-order valence-corrected chi connectivity index (χ3v) is 4.42. The van der Waals surface area contributed by atoms with Gasteiger partial charge in [-0.2, -0.15) is 5.10 Å². The van der Waals surface area contributed by atoms with Gasteiger partial charge in [0.1, 0.15) is 5.15 Å². The second-order valence-corrected chi connectivity index (χ2v) is 6.23. The van der Waals surface area contributed by atoms with Crippen LogP contribution in [0, 0.1) is 12.8 Å². The van der Waals surface area contributed by atoms with Crippen LogP contribution < -0.4 is 5.32 Å². The van der Waals surface area contributed by atoms with Crippen molar-refractivity contribution in [1.29, 1.82) is 0 Å². The summed E-state index contributed by atoms with van der Waals surface area (Å²) in [6, 6.07) is 8.05. The zero-order valence-corrected chi connectivity index (χ0v) is 14.2. The highest BCUT2D eigenvalue weighted by Gasteiger charge is 2.17. The molecule has 1 heterocycles. The van der Waals surface area contributed by atoms with Crippen molar-refractivity contribution < 1.29 is 0 Å². The molecule has 3 nitrogen and oxygen atoms in total. The third kappa shape index (κ3) is 4.22. The molecule has 1 aromatic carbocycles. The molecular formula is C16H21Cl2N3. The van der Waals surface area contributed by atoms with Gasteiger partial charge in [-0.05, 0) is 57.0 Å². The summed E-state index contributed by atoms with van der Waals surface area (Å²) in [5, 5.41) is 9.17. The van der Waals surface area contributed by atoms with Gasteiger partial charge in [0, 0.05) is 17.6 Å². The van der Waals surface area contributed by atoms with E-state index in [0.717, 1.165) is 40.8 Å². The van der Waals surface area contributed by atoms with Crippen molar-refractivity contribution >= 4 is 23.2 Å². The molecule has 0 spiro atoms. The highest BCUT2D eigenvalue weighted by molar-refractivity contribution is 6.30. The Hall–Kier alpha value is -1.03. The lowest BCUT2D eigenvalue weighted by Crippen LogP contribution is -2.23. The molecule has 0 saturated carbocycles. The van der Waals surface area contributed by atoms with Crippen molar-refractivity contribution in [3.8, 4) is 0 Å². The van der Waals surface area contributed by atoms with E-state index < -0.39 is 0 Å². The zero-order valence-electron chi connectivity index (χ0n) is 12.7. The van der Waals surface area contributed by atoms with Gasteiger partial charge in [0.15, 0.2) is 0 Å². The lowest BCUT2D eigenvalue weighted by atomic mass is 9.92. The Kier molecular flexibility index (Phi) is 5.68. The van der Waals surface area contributed by atoms with Crippen molar-refractivity contribution in [1.82, 2.24) is 15.1 Å². The summed E-state index contributed by atoms with van der Waals surface area (Å²) in [7, 11) is 3.86. The molecule has 0 fully saturated rings. The zero-order chi connectivity index (χ0) is 15.4. The standard InChI is InChI=1S/C16H21Cl2N3/c1-11-15(16(18)21(3)20-11)9-13(10-19-2)8-12-4-6-14(17)7-5-12/h4-7,13,19H,8-10H2,1-3H3. The summed E-state index contributed by atoms with van der Waals surface area (Å²) in [5.74, 6) is 0.469. The van der Waals surface area contributed by atoms with Crippen molar-refractivity contribution in [2.24, 2.45) is 13.0 Å². The van der Waals surface area contributed by atoms with Crippen LogP contribution in [-0.2, 0) is 19.9 Å². The lowest BCUT2D eigenvalue weighted by Gasteiger charge is -2.17. The average Bonchev–Trinajstić information content (AvgIpc) is 2.68. The maximum Gasteiger partial charge on any atom is 0.130 e. The van der Waals surface area contributed by atoms with Gasteiger partial charge in [0.2, 0.25) is 0 Å². The van der Waals surface area contributed by atoms with Crippen molar-refractivity contribution in [3.05, 3.63) is 51.3 Å². The largest absolute Gasteiger partial charge is 0.319 e. The number of rotatable bonds is 6. The minimum atomic E-state index is 0.469. The maximum absolute atomic E-state index is 6.34. The highest BCUT2D eigenvalue weighted by atomic mass is 35.5. The first kappa shape index (κ1) is 16.3. The minimum Gasteiger partial charge on any atom is -0.319 e. The summed E-state index contributed by atoms with van der Waals surface area (Å²) >= 11 is 12.3. The van der Waals surface area contributed by atoms with Crippen LogP contribution in [-0.4, -0.2) is 23.4 Å². The van der Waals surface area contributed by atoms with E-state index in [0.29, 0.717) is 5.92 Å². The van der Waals surface area contributed by atoms with Crippen LogP contribution in [0.4, 0.5) is 0 Å². The number of aromatic nitrogens is 2. The Morgan fingerprint density at radius 3 is 2.38 bits per heavy atom. The van der Waals surface area contributed by atoms with E-state index >= 15 is 0 Å². The predicted molar refractivity (Wildman–Crippen MR) is 89.2 cm³/mol. The summed E-state index contributed by atoms with van der Waals surface area (Å²) in [5.41, 5.74) is 3.45. The molecule has 0 saturated heterocycles. The normalized spacial score (nSPS) is 12.6. The number of aryl methyl sites for hydroxylation is 2. The van der Waals surface area contributed by atoms with E-state index in [1.807, 2.05) is 33.2 Å². The monoisotopic (exact) mass is 325 g/mol. The molecule has 114 valence electrons. The molecule has 1 aromatic heterocycles. The molecule has 0 amide bonds. The number of halogens is 2.